The highest BCUT2D eigenvalue weighted by molar-refractivity contribution is 4.88. The van der Waals surface area contributed by atoms with Crippen molar-refractivity contribution in [1.29, 1.82) is 0 Å². The van der Waals surface area contributed by atoms with E-state index in [-0.39, 0.29) is 0 Å². The maximum Gasteiger partial charge on any atom is 0.168 e. The van der Waals surface area contributed by atoms with Crippen LogP contribution >= 0.6 is 0 Å². The standard InChI is InChI=1S/C10H20O2/c1-5-10(11,12-4)8-6-7-9(2)3/h6-7,9,11H,5,8H2,1-4H3. The Labute approximate surface area is 75.2 Å². The van der Waals surface area contributed by atoms with Crippen molar-refractivity contribution in [3.63, 3.8) is 0 Å². The molecular formula is C10H20O2. The molecule has 0 aromatic carbocycles. The normalized spacial score (nSPS) is 17.2. The maximum atomic E-state index is 9.67. The highest BCUT2D eigenvalue weighted by Gasteiger charge is 2.21. The van der Waals surface area contributed by atoms with Crippen molar-refractivity contribution in [2.75, 3.05) is 7.11 Å². The Balaban J connectivity index is 3.88. The van der Waals surface area contributed by atoms with Gasteiger partial charge in [-0.3, -0.25) is 0 Å². The van der Waals surface area contributed by atoms with Crippen LogP contribution in [-0.4, -0.2) is 18.0 Å². The lowest BCUT2D eigenvalue weighted by Crippen LogP contribution is -2.28. The molecule has 0 amide bonds. The van der Waals surface area contributed by atoms with E-state index in [1.54, 1.807) is 0 Å². The van der Waals surface area contributed by atoms with Crippen LogP contribution in [0.1, 0.15) is 33.6 Å². The molecule has 0 bridgehead atoms. The van der Waals surface area contributed by atoms with Crippen LogP contribution in [0.2, 0.25) is 0 Å². The second-order valence-corrected chi connectivity index (χ2v) is 3.38. The van der Waals surface area contributed by atoms with E-state index in [2.05, 4.69) is 19.9 Å². The molecule has 0 aliphatic carbocycles. The number of hydrogen-bond donors (Lipinski definition) is 1. The summed E-state index contributed by atoms with van der Waals surface area (Å²) in [6.45, 7) is 6.12. The number of allylic oxidation sites excluding steroid dienone is 1. The SMILES string of the molecule is CCC(O)(CC=CC(C)C)OC. The van der Waals surface area contributed by atoms with Crippen molar-refractivity contribution in [3.8, 4) is 0 Å². The van der Waals surface area contributed by atoms with Crippen molar-refractivity contribution >= 4 is 0 Å². The molecule has 0 saturated heterocycles. The summed E-state index contributed by atoms with van der Waals surface area (Å²) in [5.74, 6) is -0.436. The van der Waals surface area contributed by atoms with Gasteiger partial charge in [-0.25, -0.2) is 0 Å². The molecule has 0 aliphatic rings. The van der Waals surface area contributed by atoms with Gasteiger partial charge in [-0.15, -0.1) is 0 Å². The molecule has 2 nitrogen and oxygen atoms in total. The molecule has 12 heavy (non-hydrogen) atoms. The van der Waals surface area contributed by atoms with Gasteiger partial charge < -0.3 is 9.84 Å². The predicted molar refractivity (Wildman–Crippen MR) is 50.8 cm³/mol. The smallest absolute Gasteiger partial charge is 0.168 e. The zero-order valence-electron chi connectivity index (χ0n) is 8.50. The number of methoxy groups -OCH3 is 1. The Morgan fingerprint density at radius 3 is 2.42 bits per heavy atom. The summed E-state index contributed by atoms with van der Waals surface area (Å²) in [6, 6.07) is 0. The average molecular weight is 172 g/mol. The summed E-state index contributed by atoms with van der Waals surface area (Å²) in [5, 5.41) is 9.67. The van der Waals surface area contributed by atoms with Gasteiger partial charge in [-0.05, 0) is 12.3 Å². The van der Waals surface area contributed by atoms with Crippen LogP contribution in [0.3, 0.4) is 0 Å². The highest BCUT2D eigenvalue weighted by atomic mass is 16.6. The third kappa shape index (κ3) is 4.52. The first-order chi connectivity index (χ1) is 5.54. The van der Waals surface area contributed by atoms with Gasteiger partial charge in [0.05, 0.1) is 0 Å². The molecule has 0 rings (SSSR count). The molecule has 1 atom stereocenters. The number of aliphatic hydroxyl groups is 1. The van der Waals surface area contributed by atoms with Crippen LogP contribution in [0.5, 0.6) is 0 Å². The molecule has 1 N–H and O–H groups in total. The minimum Gasteiger partial charge on any atom is -0.365 e. The molecule has 0 aliphatic heterocycles. The molecular weight excluding hydrogens is 152 g/mol. The van der Waals surface area contributed by atoms with E-state index in [1.807, 2.05) is 13.0 Å². The number of rotatable bonds is 5. The van der Waals surface area contributed by atoms with Crippen molar-refractivity contribution in [2.45, 2.75) is 39.4 Å². The summed E-state index contributed by atoms with van der Waals surface area (Å²) in [4.78, 5) is 0. The maximum absolute atomic E-state index is 9.67. The Morgan fingerprint density at radius 2 is 2.08 bits per heavy atom. The summed E-state index contributed by atoms with van der Waals surface area (Å²) in [7, 11) is 1.53. The van der Waals surface area contributed by atoms with Gasteiger partial charge in [0, 0.05) is 13.5 Å². The average Bonchev–Trinajstić information content (AvgIpc) is 2.03. The van der Waals surface area contributed by atoms with E-state index in [0.717, 1.165) is 0 Å². The van der Waals surface area contributed by atoms with E-state index < -0.39 is 5.79 Å². The lowest BCUT2D eigenvalue weighted by Gasteiger charge is -2.23. The van der Waals surface area contributed by atoms with Gasteiger partial charge in [0.2, 0.25) is 0 Å². The number of ether oxygens (including phenoxy) is 1. The third-order valence-electron chi connectivity index (χ3n) is 1.89. The summed E-state index contributed by atoms with van der Waals surface area (Å²) >= 11 is 0. The van der Waals surface area contributed by atoms with Crippen LogP contribution in [-0.2, 0) is 4.74 Å². The fourth-order valence-corrected chi connectivity index (χ4v) is 0.896. The predicted octanol–water partition coefficient (Wildman–Crippen LogP) is 2.33. The Hall–Kier alpha value is -0.340. The van der Waals surface area contributed by atoms with Crippen molar-refractivity contribution in [3.05, 3.63) is 12.2 Å². The van der Waals surface area contributed by atoms with Crippen LogP contribution in [0, 0.1) is 5.92 Å². The molecule has 0 saturated carbocycles. The second kappa shape index (κ2) is 5.33. The van der Waals surface area contributed by atoms with E-state index in [9.17, 15) is 5.11 Å². The van der Waals surface area contributed by atoms with E-state index in [4.69, 9.17) is 4.74 Å². The third-order valence-corrected chi connectivity index (χ3v) is 1.89. The molecule has 0 heterocycles. The lowest BCUT2D eigenvalue weighted by molar-refractivity contribution is -0.183. The first-order valence-corrected chi connectivity index (χ1v) is 4.48. The Bertz CT molecular complexity index is 135. The van der Waals surface area contributed by atoms with Gasteiger partial charge in [0.1, 0.15) is 0 Å². The van der Waals surface area contributed by atoms with E-state index >= 15 is 0 Å². The Morgan fingerprint density at radius 1 is 1.50 bits per heavy atom. The zero-order valence-corrected chi connectivity index (χ0v) is 8.50. The van der Waals surface area contributed by atoms with Gasteiger partial charge in [0.15, 0.2) is 5.79 Å². The van der Waals surface area contributed by atoms with E-state index in [1.165, 1.54) is 7.11 Å². The van der Waals surface area contributed by atoms with Gasteiger partial charge in [0.25, 0.3) is 0 Å². The van der Waals surface area contributed by atoms with E-state index in [0.29, 0.717) is 18.8 Å². The molecule has 0 aromatic heterocycles. The van der Waals surface area contributed by atoms with Gasteiger partial charge in [-0.1, -0.05) is 32.9 Å². The molecule has 0 aromatic rings. The number of hydrogen-bond acceptors (Lipinski definition) is 2. The zero-order chi connectivity index (χ0) is 9.61. The van der Waals surface area contributed by atoms with Crippen molar-refractivity contribution in [2.24, 2.45) is 5.92 Å². The molecule has 2 heteroatoms. The molecule has 0 spiro atoms. The van der Waals surface area contributed by atoms with Crippen LogP contribution in [0.25, 0.3) is 0 Å². The summed E-state index contributed by atoms with van der Waals surface area (Å²) in [6.07, 6.45) is 5.22. The van der Waals surface area contributed by atoms with Crippen LogP contribution in [0.15, 0.2) is 12.2 Å². The van der Waals surface area contributed by atoms with Crippen LogP contribution < -0.4 is 0 Å². The molecule has 72 valence electrons. The minimum absolute atomic E-state index is 0.531. The highest BCUT2D eigenvalue weighted by Crippen LogP contribution is 2.16. The largest absolute Gasteiger partial charge is 0.365 e. The molecule has 1 unspecified atom stereocenters. The van der Waals surface area contributed by atoms with Crippen molar-refractivity contribution in [1.82, 2.24) is 0 Å². The van der Waals surface area contributed by atoms with Crippen LogP contribution in [0.4, 0.5) is 0 Å². The van der Waals surface area contributed by atoms with Crippen molar-refractivity contribution < 1.29 is 9.84 Å². The summed E-state index contributed by atoms with van der Waals surface area (Å²) < 4.78 is 4.97. The Kier molecular flexibility index (Phi) is 5.18. The van der Waals surface area contributed by atoms with Gasteiger partial charge >= 0.3 is 0 Å². The monoisotopic (exact) mass is 172 g/mol. The topological polar surface area (TPSA) is 29.5 Å². The summed E-state index contributed by atoms with van der Waals surface area (Å²) in [5.41, 5.74) is 0. The van der Waals surface area contributed by atoms with Gasteiger partial charge in [-0.2, -0.15) is 0 Å². The quantitative estimate of drug-likeness (QED) is 0.509. The lowest BCUT2D eigenvalue weighted by atomic mass is 10.1. The fraction of sp³-hybridized carbons (Fsp3) is 0.800. The first kappa shape index (κ1) is 11.7. The second-order valence-electron chi connectivity index (χ2n) is 3.38. The molecule has 0 fully saturated rings. The fourth-order valence-electron chi connectivity index (χ4n) is 0.896. The molecule has 0 radical (unpaired) electrons. The first-order valence-electron chi connectivity index (χ1n) is 4.48. The minimum atomic E-state index is -0.967.